The van der Waals surface area contributed by atoms with Crippen molar-refractivity contribution < 1.29 is 13.2 Å². The predicted molar refractivity (Wildman–Crippen MR) is 113 cm³/mol. The molecule has 5 rings (SSSR count). The van der Waals surface area contributed by atoms with Gasteiger partial charge >= 0.3 is 6.18 Å². The third kappa shape index (κ3) is 4.04. The molecule has 1 saturated carbocycles. The summed E-state index contributed by atoms with van der Waals surface area (Å²) < 4.78 is 42.1. The van der Waals surface area contributed by atoms with Crippen LogP contribution in [0.4, 0.5) is 13.2 Å². The van der Waals surface area contributed by atoms with Gasteiger partial charge in [0.05, 0.1) is 17.4 Å². The second-order valence-electron chi connectivity index (χ2n) is 8.10. The van der Waals surface area contributed by atoms with E-state index in [2.05, 4.69) is 15.1 Å². The Kier molecular flexibility index (Phi) is 4.96. The largest absolute Gasteiger partial charge is 0.433 e. The number of rotatable bonds is 4. The zero-order valence-electron chi connectivity index (χ0n) is 16.8. The van der Waals surface area contributed by atoms with Gasteiger partial charge in [-0.05, 0) is 43.0 Å². The lowest BCUT2D eigenvalue weighted by Gasteiger charge is -2.13. The van der Waals surface area contributed by atoms with Gasteiger partial charge in [-0.3, -0.25) is 9.67 Å². The summed E-state index contributed by atoms with van der Waals surface area (Å²) in [6.45, 7) is 0.837. The van der Waals surface area contributed by atoms with Crippen LogP contribution in [0.2, 0.25) is 0 Å². The summed E-state index contributed by atoms with van der Waals surface area (Å²) in [5.41, 5.74) is 2.06. The van der Waals surface area contributed by atoms with Crippen LogP contribution >= 0.6 is 0 Å². The first-order chi connectivity index (χ1) is 15.0. The standard InChI is InChI=1S/C24H21F3N4/c25-24(26,27)22-10-9-20(19-13-29-31(15-19)14-16-4-1-2-5-16)23(30-22)18-8-7-17-6-3-11-28-21(17)12-18/h3,6-13,15-16H,1-2,4-5,14H2. The van der Waals surface area contributed by atoms with Gasteiger partial charge in [0.2, 0.25) is 0 Å². The summed E-state index contributed by atoms with van der Waals surface area (Å²) in [7, 11) is 0. The van der Waals surface area contributed by atoms with E-state index >= 15 is 0 Å². The molecule has 3 heterocycles. The van der Waals surface area contributed by atoms with Crippen LogP contribution in [0.3, 0.4) is 0 Å². The highest BCUT2D eigenvalue weighted by molar-refractivity contribution is 5.87. The second kappa shape index (κ2) is 7.80. The zero-order chi connectivity index (χ0) is 21.4. The molecule has 158 valence electrons. The molecule has 0 amide bonds. The first-order valence-corrected chi connectivity index (χ1v) is 10.4. The molecule has 0 N–H and O–H groups in total. The molecule has 4 aromatic rings. The quantitative estimate of drug-likeness (QED) is 0.384. The summed E-state index contributed by atoms with van der Waals surface area (Å²) in [4.78, 5) is 8.36. The third-order valence-electron chi connectivity index (χ3n) is 5.93. The van der Waals surface area contributed by atoms with E-state index < -0.39 is 11.9 Å². The van der Waals surface area contributed by atoms with Crippen molar-refractivity contribution in [1.29, 1.82) is 0 Å². The molecule has 1 aliphatic carbocycles. The molecule has 1 aliphatic rings. The molecule has 0 bridgehead atoms. The van der Waals surface area contributed by atoms with E-state index in [1.54, 1.807) is 24.5 Å². The van der Waals surface area contributed by atoms with Crippen LogP contribution in [0, 0.1) is 5.92 Å². The topological polar surface area (TPSA) is 43.6 Å². The highest BCUT2D eigenvalue weighted by Gasteiger charge is 2.33. The summed E-state index contributed by atoms with van der Waals surface area (Å²) >= 11 is 0. The number of fused-ring (bicyclic) bond motifs is 1. The maximum atomic E-state index is 13.4. The van der Waals surface area contributed by atoms with Gasteiger partial charge in [-0.15, -0.1) is 0 Å². The highest BCUT2D eigenvalue weighted by Crippen LogP contribution is 2.36. The lowest BCUT2D eigenvalue weighted by atomic mass is 10.00. The molecule has 3 aromatic heterocycles. The van der Waals surface area contributed by atoms with E-state index in [1.165, 1.54) is 31.7 Å². The maximum absolute atomic E-state index is 13.4. The average Bonchev–Trinajstić information content (AvgIpc) is 3.45. The second-order valence-corrected chi connectivity index (χ2v) is 8.10. The number of pyridine rings is 2. The Morgan fingerprint density at radius 1 is 1.00 bits per heavy atom. The van der Waals surface area contributed by atoms with Gasteiger partial charge in [-0.2, -0.15) is 18.3 Å². The Labute approximate surface area is 177 Å². The van der Waals surface area contributed by atoms with E-state index in [1.807, 2.05) is 29.1 Å². The van der Waals surface area contributed by atoms with Gasteiger partial charge in [0, 0.05) is 41.0 Å². The van der Waals surface area contributed by atoms with E-state index in [-0.39, 0.29) is 5.69 Å². The molecule has 0 spiro atoms. The summed E-state index contributed by atoms with van der Waals surface area (Å²) in [6.07, 6.45) is 5.67. The summed E-state index contributed by atoms with van der Waals surface area (Å²) in [5.74, 6) is 0.615. The lowest BCUT2D eigenvalue weighted by Crippen LogP contribution is -2.09. The fourth-order valence-electron chi connectivity index (χ4n) is 4.34. The molecule has 0 aliphatic heterocycles. The number of alkyl halides is 3. The molecule has 4 nitrogen and oxygen atoms in total. The van der Waals surface area contributed by atoms with E-state index in [4.69, 9.17) is 0 Å². The third-order valence-corrected chi connectivity index (χ3v) is 5.93. The van der Waals surface area contributed by atoms with Gasteiger partial charge in [0.25, 0.3) is 0 Å². The van der Waals surface area contributed by atoms with E-state index in [0.29, 0.717) is 22.6 Å². The monoisotopic (exact) mass is 422 g/mol. The van der Waals surface area contributed by atoms with Gasteiger partial charge < -0.3 is 0 Å². The number of aromatic nitrogens is 4. The van der Waals surface area contributed by atoms with Crippen LogP contribution in [0.5, 0.6) is 0 Å². The molecule has 7 heteroatoms. The minimum absolute atomic E-state index is 0.280. The number of benzene rings is 1. The van der Waals surface area contributed by atoms with Crippen molar-refractivity contribution >= 4 is 10.9 Å². The van der Waals surface area contributed by atoms with E-state index in [0.717, 1.165) is 23.6 Å². The molecule has 1 fully saturated rings. The Morgan fingerprint density at radius 3 is 2.65 bits per heavy atom. The van der Waals surface area contributed by atoms with Crippen molar-refractivity contribution in [2.24, 2.45) is 5.92 Å². The number of hydrogen-bond donors (Lipinski definition) is 0. The van der Waals surface area contributed by atoms with Crippen molar-refractivity contribution in [1.82, 2.24) is 19.7 Å². The molecular weight excluding hydrogens is 401 g/mol. The van der Waals surface area contributed by atoms with Gasteiger partial charge in [0.1, 0.15) is 5.69 Å². The maximum Gasteiger partial charge on any atom is 0.433 e. The van der Waals surface area contributed by atoms with Crippen molar-refractivity contribution in [2.45, 2.75) is 38.4 Å². The van der Waals surface area contributed by atoms with Gasteiger partial charge in [-0.1, -0.05) is 31.0 Å². The highest BCUT2D eigenvalue weighted by atomic mass is 19.4. The zero-order valence-corrected chi connectivity index (χ0v) is 16.8. The molecule has 0 radical (unpaired) electrons. The van der Waals surface area contributed by atoms with Crippen molar-refractivity contribution in [3.8, 4) is 22.4 Å². The first kappa shape index (κ1) is 19.7. The molecule has 1 aromatic carbocycles. The smallest absolute Gasteiger partial charge is 0.272 e. The average molecular weight is 422 g/mol. The van der Waals surface area contributed by atoms with Crippen LogP contribution in [0.15, 0.2) is 61.1 Å². The molecule has 0 unspecified atom stereocenters. The number of nitrogens with zero attached hydrogens (tertiary/aromatic N) is 4. The molecule has 0 saturated heterocycles. The Bertz CT molecular complexity index is 1220. The van der Waals surface area contributed by atoms with Crippen LogP contribution in [-0.2, 0) is 12.7 Å². The minimum atomic E-state index is -4.52. The molecule has 31 heavy (non-hydrogen) atoms. The number of halogens is 3. The number of hydrogen-bond acceptors (Lipinski definition) is 3. The fourth-order valence-corrected chi connectivity index (χ4v) is 4.34. The Morgan fingerprint density at radius 2 is 1.84 bits per heavy atom. The Balaban J connectivity index is 1.59. The van der Waals surface area contributed by atoms with E-state index in [9.17, 15) is 13.2 Å². The molecule has 0 atom stereocenters. The predicted octanol–water partition coefficient (Wildman–Crippen LogP) is 6.37. The normalized spacial score (nSPS) is 15.1. The molecular formula is C24H21F3N4. The van der Waals surface area contributed by atoms with Gasteiger partial charge in [-0.25, -0.2) is 4.98 Å². The van der Waals surface area contributed by atoms with Crippen LogP contribution in [-0.4, -0.2) is 19.7 Å². The Hall–Kier alpha value is -3.22. The minimum Gasteiger partial charge on any atom is -0.272 e. The lowest BCUT2D eigenvalue weighted by molar-refractivity contribution is -0.141. The van der Waals surface area contributed by atoms with Crippen molar-refractivity contribution in [2.75, 3.05) is 0 Å². The summed E-state index contributed by atoms with van der Waals surface area (Å²) in [5, 5.41) is 5.39. The van der Waals surface area contributed by atoms with Crippen molar-refractivity contribution in [3.63, 3.8) is 0 Å². The van der Waals surface area contributed by atoms with Crippen molar-refractivity contribution in [3.05, 3.63) is 66.7 Å². The van der Waals surface area contributed by atoms with Crippen LogP contribution in [0.25, 0.3) is 33.3 Å². The summed E-state index contributed by atoms with van der Waals surface area (Å²) in [6, 6.07) is 11.7. The van der Waals surface area contributed by atoms with Crippen LogP contribution < -0.4 is 0 Å². The first-order valence-electron chi connectivity index (χ1n) is 10.4. The SMILES string of the molecule is FC(F)(F)c1ccc(-c2cnn(CC3CCCC3)c2)c(-c2ccc3cccnc3c2)n1. The van der Waals surface area contributed by atoms with Crippen LogP contribution in [0.1, 0.15) is 31.4 Å². The van der Waals surface area contributed by atoms with Gasteiger partial charge in [0.15, 0.2) is 0 Å². The fraction of sp³-hybridized carbons (Fsp3) is 0.292.